The number of hydrogen-bond acceptors (Lipinski definition) is 6. The molecule has 1 aromatic heterocycles. The monoisotopic (exact) mass is 372 g/mol. The summed E-state index contributed by atoms with van der Waals surface area (Å²) in [5.74, 6) is -0.297. The highest BCUT2D eigenvalue weighted by atomic mass is 32.1. The van der Waals surface area contributed by atoms with E-state index in [0.29, 0.717) is 21.2 Å². The van der Waals surface area contributed by atoms with Crippen molar-refractivity contribution in [2.24, 2.45) is 0 Å². The van der Waals surface area contributed by atoms with Gasteiger partial charge in [-0.1, -0.05) is 19.1 Å². The third-order valence-corrected chi connectivity index (χ3v) is 4.84. The van der Waals surface area contributed by atoms with Crippen LogP contribution in [0.4, 0.5) is 5.00 Å². The first kappa shape index (κ1) is 19.5. The number of nitrogens with one attached hydrogen (secondary N) is 1. The number of benzene rings is 1. The first-order valence-electron chi connectivity index (χ1n) is 8.22. The molecule has 0 aliphatic heterocycles. The minimum absolute atomic E-state index is 0.191. The van der Waals surface area contributed by atoms with Crippen LogP contribution >= 0.6 is 11.3 Å². The van der Waals surface area contributed by atoms with E-state index in [1.165, 1.54) is 0 Å². The maximum atomic E-state index is 12.2. The van der Waals surface area contributed by atoms with Crippen molar-refractivity contribution in [1.82, 2.24) is 0 Å². The highest BCUT2D eigenvalue weighted by Crippen LogP contribution is 2.33. The van der Waals surface area contributed by atoms with Crippen molar-refractivity contribution in [3.63, 3.8) is 0 Å². The third kappa shape index (κ3) is 4.61. The van der Waals surface area contributed by atoms with E-state index in [9.17, 15) is 14.9 Å². The van der Waals surface area contributed by atoms with Crippen LogP contribution in [0.5, 0.6) is 5.75 Å². The van der Waals surface area contributed by atoms with E-state index in [2.05, 4.69) is 5.32 Å². The number of carbonyl (C=O) groups excluding carboxylic acids is 2. The Kier molecular flexibility index (Phi) is 6.75. The van der Waals surface area contributed by atoms with Gasteiger partial charge < -0.3 is 14.8 Å². The summed E-state index contributed by atoms with van der Waals surface area (Å²) < 4.78 is 10.5. The summed E-state index contributed by atoms with van der Waals surface area (Å²) in [4.78, 5) is 24.4. The maximum absolute atomic E-state index is 12.2. The molecule has 1 heterocycles. The minimum Gasteiger partial charge on any atom is -0.484 e. The molecule has 0 fully saturated rings. The molecule has 7 heteroatoms. The summed E-state index contributed by atoms with van der Waals surface area (Å²) in [6.07, 6.45) is 0.875. The number of thiophene rings is 1. The number of esters is 1. The Morgan fingerprint density at radius 3 is 2.73 bits per heavy atom. The van der Waals surface area contributed by atoms with Gasteiger partial charge in [-0.05, 0) is 43.5 Å². The molecule has 0 aliphatic rings. The molecule has 136 valence electrons. The van der Waals surface area contributed by atoms with Crippen molar-refractivity contribution in [1.29, 1.82) is 5.26 Å². The Balaban J connectivity index is 2.07. The molecule has 1 N–H and O–H groups in total. The Labute approximate surface area is 156 Å². The van der Waals surface area contributed by atoms with E-state index >= 15 is 0 Å². The molecule has 0 saturated heterocycles. The molecule has 0 spiro atoms. The zero-order valence-electron chi connectivity index (χ0n) is 14.9. The zero-order valence-corrected chi connectivity index (χ0v) is 15.7. The highest BCUT2D eigenvalue weighted by molar-refractivity contribution is 7.18. The molecule has 2 rings (SSSR count). The summed E-state index contributed by atoms with van der Waals surface area (Å²) in [6, 6.07) is 9.53. The van der Waals surface area contributed by atoms with Gasteiger partial charge in [-0.15, -0.1) is 11.3 Å². The fourth-order valence-electron chi connectivity index (χ4n) is 2.29. The van der Waals surface area contributed by atoms with Gasteiger partial charge in [0.15, 0.2) is 6.61 Å². The van der Waals surface area contributed by atoms with Crippen molar-refractivity contribution < 1.29 is 19.1 Å². The fourth-order valence-corrected chi connectivity index (χ4v) is 3.36. The molecular weight excluding hydrogens is 352 g/mol. The molecule has 0 saturated carbocycles. The summed E-state index contributed by atoms with van der Waals surface area (Å²) in [5.41, 5.74) is 1.88. The second-order valence-corrected chi connectivity index (χ2v) is 6.45. The molecule has 0 radical (unpaired) electrons. The van der Waals surface area contributed by atoms with Gasteiger partial charge in [0.2, 0.25) is 0 Å². The molecule has 1 amide bonds. The lowest BCUT2D eigenvalue weighted by molar-refractivity contribution is -0.118. The van der Waals surface area contributed by atoms with Crippen LogP contribution in [0.15, 0.2) is 24.3 Å². The van der Waals surface area contributed by atoms with E-state index in [1.54, 1.807) is 19.9 Å². The first-order chi connectivity index (χ1) is 12.5. The third-order valence-electron chi connectivity index (χ3n) is 3.65. The Hall–Kier alpha value is -2.85. The average molecular weight is 372 g/mol. The number of anilines is 1. The van der Waals surface area contributed by atoms with Crippen LogP contribution in [0, 0.1) is 18.3 Å². The molecular formula is C19H20N2O4S. The van der Waals surface area contributed by atoms with E-state index in [4.69, 9.17) is 9.47 Å². The van der Waals surface area contributed by atoms with Gasteiger partial charge in [-0.3, -0.25) is 4.79 Å². The molecule has 2 aromatic rings. The summed E-state index contributed by atoms with van der Waals surface area (Å²) in [6.45, 7) is 5.45. The lowest BCUT2D eigenvalue weighted by Gasteiger charge is -2.07. The van der Waals surface area contributed by atoms with Gasteiger partial charge in [0.25, 0.3) is 5.91 Å². The Bertz CT molecular complexity index is 852. The van der Waals surface area contributed by atoms with Crippen molar-refractivity contribution in [2.75, 3.05) is 18.5 Å². The quantitative estimate of drug-likeness (QED) is 0.749. The van der Waals surface area contributed by atoms with Gasteiger partial charge in [0.05, 0.1) is 12.2 Å². The number of carbonyl (C=O) groups is 2. The van der Waals surface area contributed by atoms with Gasteiger partial charge in [0.1, 0.15) is 21.7 Å². The van der Waals surface area contributed by atoms with Crippen molar-refractivity contribution in [2.45, 2.75) is 27.2 Å². The number of rotatable bonds is 7. The largest absolute Gasteiger partial charge is 0.484 e. The van der Waals surface area contributed by atoms with Crippen LogP contribution in [-0.2, 0) is 16.0 Å². The van der Waals surface area contributed by atoms with E-state index in [-0.39, 0.29) is 18.8 Å². The van der Waals surface area contributed by atoms with Crippen LogP contribution in [0.3, 0.4) is 0 Å². The number of hydrogen-bond donors (Lipinski definition) is 1. The normalized spacial score (nSPS) is 10.1. The zero-order chi connectivity index (χ0) is 19.1. The maximum Gasteiger partial charge on any atom is 0.348 e. The summed E-state index contributed by atoms with van der Waals surface area (Å²) >= 11 is 1.03. The van der Waals surface area contributed by atoms with Crippen LogP contribution in [-0.4, -0.2) is 25.1 Å². The van der Waals surface area contributed by atoms with Gasteiger partial charge in [0, 0.05) is 0 Å². The number of nitrogens with zero attached hydrogens (tertiary/aromatic N) is 1. The van der Waals surface area contributed by atoms with Gasteiger partial charge in [-0.2, -0.15) is 5.26 Å². The Morgan fingerprint density at radius 2 is 2.08 bits per heavy atom. The molecule has 0 atom stereocenters. The summed E-state index contributed by atoms with van der Waals surface area (Å²) in [7, 11) is 0. The van der Waals surface area contributed by atoms with Gasteiger partial charge >= 0.3 is 5.97 Å². The molecule has 0 bridgehead atoms. The van der Waals surface area contributed by atoms with Crippen molar-refractivity contribution >= 4 is 28.2 Å². The first-order valence-corrected chi connectivity index (χ1v) is 9.03. The fraction of sp³-hybridized carbons (Fsp3) is 0.316. The molecule has 0 aliphatic carbocycles. The number of ether oxygens (including phenoxy) is 2. The molecule has 26 heavy (non-hydrogen) atoms. The molecule has 6 nitrogen and oxygen atoms in total. The standard InChI is InChI=1S/C19H20N2O4S/c1-4-13-7-6-8-14(9-13)25-11-16(22)21-18-15(10-20)12(3)17(26-18)19(23)24-5-2/h6-9H,4-5,11H2,1-3H3,(H,21,22). The summed E-state index contributed by atoms with van der Waals surface area (Å²) in [5, 5.41) is 12.3. The lowest BCUT2D eigenvalue weighted by Crippen LogP contribution is -2.20. The van der Waals surface area contributed by atoms with E-state index in [0.717, 1.165) is 23.3 Å². The Morgan fingerprint density at radius 1 is 1.31 bits per heavy atom. The van der Waals surface area contributed by atoms with Crippen LogP contribution in [0.25, 0.3) is 0 Å². The number of aryl methyl sites for hydroxylation is 1. The lowest BCUT2D eigenvalue weighted by atomic mass is 10.2. The van der Waals surface area contributed by atoms with Crippen molar-refractivity contribution in [3.8, 4) is 11.8 Å². The number of amides is 1. The van der Waals surface area contributed by atoms with E-state index in [1.807, 2.05) is 31.2 Å². The second kappa shape index (κ2) is 9.02. The topological polar surface area (TPSA) is 88.4 Å². The number of nitriles is 1. The predicted octanol–water partition coefficient (Wildman–Crippen LogP) is 3.68. The predicted molar refractivity (Wildman–Crippen MR) is 99.7 cm³/mol. The molecule has 1 aromatic carbocycles. The van der Waals surface area contributed by atoms with Crippen LogP contribution < -0.4 is 10.1 Å². The van der Waals surface area contributed by atoms with Crippen LogP contribution in [0.2, 0.25) is 0 Å². The smallest absolute Gasteiger partial charge is 0.348 e. The van der Waals surface area contributed by atoms with Crippen LogP contribution in [0.1, 0.15) is 40.2 Å². The SMILES string of the molecule is CCOC(=O)c1sc(NC(=O)COc2cccc(CC)c2)c(C#N)c1C. The highest BCUT2D eigenvalue weighted by Gasteiger charge is 2.22. The van der Waals surface area contributed by atoms with E-state index < -0.39 is 11.9 Å². The van der Waals surface area contributed by atoms with Gasteiger partial charge in [-0.25, -0.2) is 4.79 Å². The average Bonchev–Trinajstić information content (AvgIpc) is 2.95. The minimum atomic E-state index is -0.500. The molecule has 0 unspecified atom stereocenters. The van der Waals surface area contributed by atoms with Crippen molar-refractivity contribution in [3.05, 3.63) is 45.8 Å². The second-order valence-electron chi connectivity index (χ2n) is 5.43.